The molecule has 0 spiro atoms. The molecule has 1 aliphatic rings. The van der Waals surface area contributed by atoms with Gasteiger partial charge in [-0.3, -0.25) is 14.1 Å². The van der Waals surface area contributed by atoms with Gasteiger partial charge in [0.05, 0.1) is 38.3 Å². The largest absolute Gasteiger partial charge is 0.475 e. The highest BCUT2D eigenvalue weighted by molar-refractivity contribution is 6.99. The molecule has 9 heteroatoms. The van der Waals surface area contributed by atoms with Crippen molar-refractivity contribution in [2.45, 2.75) is 85.5 Å². The van der Waals surface area contributed by atoms with Crippen molar-refractivity contribution in [2.75, 3.05) is 33.5 Å². The number of nitrogens with zero attached hydrogens (tertiary/aromatic N) is 3. The van der Waals surface area contributed by atoms with Gasteiger partial charge in [0, 0.05) is 29.9 Å². The number of aromatic nitrogens is 2. The number of carbonyl (C=O) groups excluding carboxylic acids is 2. The Balaban J connectivity index is 1.62. The average molecular weight is 559 g/mol. The molecule has 1 aromatic carbocycles. The van der Waals surface area contributed by atoms with Crippen LogP contribution in [0.15, 0.2) is 18.2 Å². The van der Waals surface area contributed by atoms with E-state index in [0.29, 0.717) is 29.3 Å². The maximum absolute atomic E-state index is 13.1. The Morgan fingerprint density at radius 1 is 1.13 bits per heavy atom. The van der Waals surface area contributed by atoms with Crippen molar-refractivity contribution >= 4 is 29.2 Å². The maximum Gasteiger partial charge on any atom is 0.310 e. The Bertz CT molecular complexity index is 1190. The molecule has 1 aromatic heterocycles. The van der Waals surface area contributed by atoms with Crippen LogP contribution in [0.3, 0.4) is 0 Å². The third kappa shape index (κ3) is 8.60. The lowest BCUT2D eigenvalue weighted by Gasteiger charge is -2.37. The summed E-state index contributed by atoms with van der Waals surface area (Å²) in [4.78, 5) is 24.8. The fraction of sp³-hybridized carbons (Fsp3) is 0.600. The first-order chi connectivity index (χ1) is 18.4. The first-order valence-corrected chi connectivity index (χ1v) is 14.6. The van der Waals surface area contributed by atoms with E-state index in [1.54, 1.807) is 0 Å². The molecular weight excluding hydrogens is 514 g/mol. The van der Waals surface area contributed by atoms with E-state index in [1.807, 2.05) is 39.8 Å². The lowest BCUT2D eigenvalue weighted by Crippen LogP contribution is -2.49. The molecule has 39 heavy (non-hydrogen) atoms. The van der Waals surface area contributed by atoms with E-state index in [0.717, 1.165) is 53.8 Å². The van der Waals surface area contributed by atoms with Crippen LogP contribution in [-0.2, 0) is 19.7 Å². The number of aryl methyl sites for hydroxylation is 2. The van der Waals surface area contributed by atoms with E-state index in [9.17, 15) is 9.59 Å². The molecule has 0 aliphatic carbocycles. The third-order valence-electron chi connectivity index (χ3n) is 7.11. The average Bonchev–Trinajstić information content (AvgIpc) is 3.30. The lowest BCUT2D eigenvalue weighted by molar-refractivity contribution is -0.919. The molecule has 0 bridgehead atoms. The second-order valence-electron chi connectivity index (χ2n) is 11.6. The molecule has 3 rings (SSSR count). The fourth-order valence-corrected chi connectivity index (χ4v) is 5.85. The summed E-state index contributed by atoms with van der Waals surface area (Å²) in [6.45, 7) is 13.9. The molecule has 1 atom stereocenters. The quantitative estimate of drug-likeness (QED) is 0.126. The number of hydrogen-bond donors (Lipinski definition) is 0. The van der Waals surface area contributed by atoms with Gasteiger partial charge in [0.1, 0.15) is 18.0 Å². The normalized spacial score (nSPS) is 17.5. The second-order valence-corrected chi connectivity index (χ2v) is 12.1. The van der Waals surface area contributed by atoms with Crippen LogP contribution in [0, 0.1) is 13.8 Å². The molecule has 0 saturated carbocycles. The van der Waals surface area contributed by atoms with Crippen LogP contribution in [0.25, 0.3) is 5.57 Å². The van der Waals surface area contributed by atoms with Crippen LogP contribution >= 0.6 is 11.7 Å². The van der Waals surface area contributed by atoms with Crippen molar-refractivity contribution < 1.29 is 28.3 Å². The van der Waals surface area contributed by atoms with Crippen LogP contribution < -0.4 is 9.47 Å². The zero-order valence-electron chi connectivity index (χ0n) is 24.6. The fourth-order valence-electron chi connectivity index (χ4n) is 5.32. The third-order valence-corrected chi connectivity index (χ3v) is 7.62. The Labute approximate surface area is 237 Å². The first kappa shape index (κ1) is 30.8. The standard InChI is InChI=1S/C30H44N3O5S/c1-8-9-10-11-15-36-29-28(31-39-32-29)24-13-12-14-33(7,19-24)20-37-26(35)18-30(5,6)27-22(3)16-21(2)17-25(27)38-23(4)34/h13,16-17H,8-12,14-15,18-20H2,1-7H3/q+1. The molecule has 1 unspecified atom stereocenters. The number of likely N-dealkylation sites (N-methyl/N-ethyl adjacent to an activating group) is 1. The number of benzene rings is 1. The molecule has 0 fully saturated rings. The van der Waals surface area contributed by atoms with Crippen molar-refractivity contribution in [1.82, 2.24) is 8.75 Å². The van der Waals surface area contributed by atoms with Crippen molar-refractivity contribution in [1.29, 1.82) is 0 Å². The van der Waals surface area contributed by atoms with Crippen LogP contribution in [0.1, 0.15) is 88.6 Å². The summed E-state index contributed by atoms with van der Waals surface area (Å²) >= 11 is 1.17. The van der Waals surface area contributed by atoms with E-state index in [4.69, 9.17) is 14.2 Å². The predicted molar refractivity (Wildman–Crippen MR) is 154 cm³/mol. The summed E-state index contributed by atoms with van der Waals surface area (Å²) in [6, 6.07) is 3.89. The lowest BCUT2D eigenvalue weighted by atomic mass is 9.78. The van der Waals surface area contributed by atoms with Crippen LogP contribution in [0.2, 0.25) is 0 Å². The Morgan fingerprint density at radius 2 is 1.90 bits per heavy atom. The van der Waals surface area contributed by atoms with E-state index in [-0.39, 0.29) is 25.1 Å². The van der Waals surface area contributed by atoms with Gasteiger partial charge in [-0.2, -0.15) is 4.37 Å². The summed E-state index contributed by atoms with van der Waals surface area (Å²) in [5, 5.41) is 0. The smallest absolute Gasteiger partial charge is 0.310 e. The van der Waals surface area contributed by atoms with Crippen molar-refractivity contribution in [2.24, 2.45) is 0 Å². The number of esters is 2. The highest BCUT2D eigenvalue weighted by Gasteiger charge is 2.34. The van der Waals surface area contributed by atoms with Crippen molar-refractivity contribution in [3.8, 4) is 11.6 Å². The summed E-state index contributed by atoms with van der Waals surface area (Å²) in [5.41, 5.74) is 4.13. The molecule has 214 valence electrons. The van der Waals surface area contributed by atoms with Gasteiger partial charge in [0.15, 0.2) is 0 Å². The topological polar surface area (TPSA) is 87.6 Å². The zero-order valence-corrected chi connectivity index (χ0v) is 25.4. The molecule has 2 aromatic rings. The first-order valence-electron chi connectivity index (χ1n) is 13.9. The SMILES string of the molecule is CCCCCCOc1nsnc1C1=CCC[N+](C)(COC(=O)CC(C)(C)c2c(C)cc(C)cc2OC(C)=O)C1. The van der Waals surface area contributed by atoms with Gasteiger partial charge in [0.25, 0.3) is 5.88 Å². The number of ether oxygens (including phenoxy) is 3. The zero-order chi connectivity index (χ0) is 28.6. The van der Waals surface area contributed by atoms with Gasteiger partial charge in [0.2, 0.25) is 6.73 Å². The Hall–Kier alpha value is -2.78. The van der Waals surface area contributed by atoms with Crippen molar-refractivity contribution in [3.05, 3.63) is 40.6 Å². The molecule has 8 nitrogen and oxygen atoms in total. The molecule has 0 amide bonds. The van der Waals surface area contributed by atoms with Gasteiger partial charge in [-0.05, 0) is 37.5 Å². The van der Waals surface area contributed by atoms with Gasteiger partial charge in [-0.25, -0.2) is 0 Å². The number of rotatable bonds is 13. The minimum Gasteiger partial charge on any atom is -0.475 e. The van der Waals surface area contributed by atoms with Crippen LogP contribution in [0.4, 0.5) is 0 Å². The number of unbranched alkanes of at least 4 members (excludes halogenated alkanes) is 3. The molecule has 2 heterocycles. The summed E-state index contributed by atoms with van der Waals surface area (Å²) in [6.07, 6.45) is 7.78. The highest BCUT2D eigenvalue weighted by atomic mass is 32.1. The highest BCUT2D eigenvalue weighted by Crippen LogP contribution is 2.38. The number of quaternary nitrogens is 1. The maximum atomic E-state index is 13.1. The van der Waals surface area contributed by atoms with E-state index < -0.39 is 5.41 Å². The van der Waals surface area contributed by atoms with E-state index in [1.165, 1.54) is 31.5 Å². The van der Waals surface area contributed by atoms with E-state index in [2.05, 4.69) is 28.8 Å². The monoisotopic (exact) mass is 558 g/mol. The van der Waals surface area contributed by atoms with Gasteiger partial charge in [-0.1, -0.05) is 52.2 Å². The van der Waals surface area contributed by atoms with Crippen molar-refractivity contribution in [3.63, 3.8) is 0 Å². The minimum absolute atomic E-state index is 0.167. The minimum atomic E-state index is -0.583. The van der Waals surface area contributed by atoms with E-state index >= 15 is 0 Å². The Kier molecular flexibility index (Phi) is 10.7. The van der Waals surface area contributed by atoms with Gasteiger partial charge in [-0.15, -0.1) is 4.37 Å². The summed E-state index contributed by atoms with van der Waals surface area (Å²) < 4.78 is 26.8. The summed E-state index contributed by atoms with van der Waals surface area (Å²) in [7, 11) is 2.10. The predicted octanol–water partition coefficient (Wildman–Crippen LogP) is 6.14. The Morgan fingerprint density at radius 3 is 2.62 bits per heavy atom. The number of hydrogen-bond acceptors (Lipinski definition) is 8. The summed E-state index contributed by atoms with van der Waals surface area (Å²) in [5.74, 6) is 0.442. The van der Waals surface area contributed by atoms with Crippen LogP contribution in [-0.4, -0.2) is 58.6 Å². The van der Waals surface area contributed by atoms with Gasteiger partial charge < -0.3 is 14.2 Å². The van der Waals surface area contributed by atoms with Gasteiger partial charge >= 0.3 is 11.9 Å². The number of carbonyl (C=O) groups is 2. The molecular formula is C30H44N3O5S+. The molecule has 0 N–H and O–H groups in total. The second kappa shape index (κ2) is 13.5. The molecule has 1 aliphatic heterocycles. The molecule has 0 radical (unpaired) electrons. The van der Waals surface area contributed by atoms with Crippen LogP contribution in [0.5, 0.6) is 11.6 Å². The molecule has 0 saturated heterocycles.